The molecule has 0 bridgehead atoms. The van der Waals surface area contributed by atoms with Crippen molar-refractivity contribution < 1.29 is 14.3 Å². The number of likely N-dealkylation sites (tertiary alicyclic amines) is 1. The van der Waals surface area contributed by atoms with E-state index >= 15 is 0 Å². The number of rotatable bonds is 2. The first-order valence-corrected chi connectivity index (χ1v) is 8.38. The Bertz CT molecular complexity index is 887. The van der Waals surface area contributed by atoms with Crippen LogP contribution in [-0.4, -0.2) is 64.1 Å². The third-order valence-corrected chi connectivity index (χ3v) is 4.79. The number of benzene rings is 1. The van der Waals surface area contributed by atoms with Gasteiger partial charge in [0.2, 0.25) is 0 Å². The molecule has 1 spiro atoms. The van der Waals surface area contributed by atoms with E-state index in [9.17, 15) is 9.59 Å². The standard InChI is InChI=1S/C18H19N5O3/c1-22-10-18(26-17(22)25)6-8-23(11-18)16(24)13-4-2-3-12(9-13)15-20-7-5-14(19)21-15/h2-5,7,9H,6,8,10-11H2,1H3,(H2,19,20,21). The number of likely N-dealkylation sites (N-methyl/N-ethyl adjacent to an activating group) is 1. The Morgan fingerprint density at radius 3 is 2.88 bits per heavy atom. The number of nitrogens with two attached hydrogens (primary N) is 1. The number of carbonyl (C=O) groups excluding carboxylic acids is 2. The van der Waals surface area contributed by atoms with E-state index in [2.05, 4.69) is 9.97 Å². The Balaban J connectivity index is 1.54. The largest absolute Gasteiger partial charge is 0.439 e. The molecule has 8 heteroatoms. The minimum atomic E-state index is -0.587. The zero-order chi connectivity index (χ0) is 18.3. The number of nitrogens with zero attached hydrogens (tertiary/aromatic N) is 4. The van der Waals surface area contributed by atoms with E-state index < -0.39 is 5.60 Å². The van der Waals surface area contributed by atoms with E-state index in [0.29, 0.717) is 43.3 Å². The average Bonchev–Trinajstić information content (AvgIpc) is 3.17. The summed E-state index contributed by atoms with van der Waals surface area (Å²) in [6.45, 7) is 1.46. The molecule has 1 atom stereocenters. The van der Waals surface area contributed by atoms with Gasteiger partial charge in [-0.1, -0.05) is 12.1 Å². The predicted octanol–water partition coefficient (Wildman–Crippen LogP) is 1.39. The second-order valence-electron chi connectivity index (χ2n) is 6.77. The first-order chi connectivity index (χ1) is 12.5. The Morgan fingerprint density at radius 2 is 2.15 bits per heavy atom. The summed E-state index contributed by atoms with van der Waals surface area (Å²) >= 11 is 0. The molecule has 1 aromatic heterocycles. The molecular weight excluding hydrogens is 334 g/mol. The van der Waals surface area contributed by atoms with Gasteiger partial charge in [-0.15, -0.1) is 0 Å². The van der Waals surface area contributed by atoms with Crippen LogP contribution in [0.1, 0.15) is 16.8 Å². The number of hydrogen-bond acceptors (Lipinski definition) is 6. The van der Waals surface area contributed by atoms with Crippen molar-refractivity contribution in [2.24, 2.45) is 0 Å². The Labute approximate surface area is 150 Å². The van der Waals surface area contributed by atoms with E-state index in [1.54, 1.807) is 47.3 Å². The second-order valence-corrected chi connectivity index (χ2v) is 6.77. The van der Waals surface area contributed by atoms with Gasteiger partial charge in [0, 0.05) is 37.3 Å². The third-order valence-electron chi connectivity index (χ3n) is 4.79. The molecule has 134 valence electrons. The monoisotopic (exact) mass is 353 g/mol. The van der Waals surface area contributed by atoms with Crippen molar-refractivity contribution in [1.82, 2.24) is 19.8 Å². The number of ether oxygens (including phenoxy) is 1. The van der Waals surface area contributed by atoms with Crippen molar-refractivity contribution in [2.45, 2.75) is 12.0 Å². The Kier molecular flexibility index (Phi) is 3.75. The maximum absolute atomic E-state index is 12.9. The van der Waals surface area contributed by atoms with Gasteiger partial charge >= 0.3 is 6.09 Å². The predicted molar refractivity (Wildman–Crippen MR) is 94.2 cm³/mol. The minimum Gasteiger partial charge on any atom is -0.439 e. The number of anilines is 1. The second kappa shape index (κ2) is 5.98. The summed E-state index contributed by atoms with van der Waals surface area (Å²) in [7, 11) is 1.70. The molecule has 2 N–H and O–H groups in total. The van der Waals surface area contributed by atoms with Gasteiger partial charge in [-0.05, 0) is 18.2 Å². The highest BCUT2D eigenvalue weighted by atomic mass is 16.6. The fraction of sp³-hybridized carbons (Fsp3) is 0.333. The van der Waals surface area contributed by atoms with Crippen molar-refractivity contribution >= 4 is 17.8 Å². The molecule has 8 nitrogen and oxygen atoms in total. The summed E-state index contributed by atoms with van der Waals surface area (Å²) in [5.41, 5.74) is 6.39. The lowest BCUT2D eigenvalue weighted by Crippen LogP contribution is -2.39. The van der Waals surface area contributed by atoms with Crippen LogP contribution in [0, 0.1) is 0 Å². The van der Waals surface area contributed by atoms with E-state index in [1.165, 1.54) is 0 Å². The first kappa shape index (κ1) is 16.3. The lowest BCUT2D eigenvalue weighted by molar-refractivity contribution is 0.0553. The van der Waals surface area contributed by atoms with E-state index in [-0.39, 0.29) is 12.0 Å². The van der Waals surface area contributed by atoms with Crippen molar-refractivity contribution in [1.29, 1.82) is 0 Å². The molecule has 26 heavy (non-hydrogen) atoms. The topological polar surface area (TPSA) is 102 Å². The SMILES string of the molecule is CN1CC2(CCN(C(=O)c3cccc(-c4nccc(N)n4)c3)C2)OC1=O. The average molecular weight is 353 g/mol. The van der Waals surface area contributed by atoms with Crippen LogP contribution in [0.5, 0.6) is 0 Å². The molecule has 0 radical (unpaired) electrons. The van der Waals surface area contributed by atoms with Gasteiger partial charge in [0.25, 0.3) is 5.91 Å². The fourth-order valence-electron chi connectivity index (χ4n) is 3.51. The zero-order valence-electron chi connectivity index (χ0n) is 14.4. The van der Waals surface area contributed by atoms with Crippen molar-refractivity contribution in [3.63, 3.8) is 0 Å². The maximum Gasteiger partial charge on any atom is 0.410 e. The molecule has 2 aliphatic rings. The zero-order valence-corrected chi connectivity index (χ0v) is 14.4. The molecule has 4 rings (SSSR count). The molecule has 2 amide bonds. The summed E-state index contributed by atoms with van der Waals surface area (Å²) in [6.07, 6.45) is 1.90. The molecule has 2 aromatic rings. The first-order valence-electron chi connectivity index (χ1n) is 8.38. The minimum absolute atomic E-state index is 0.0989. The van der Waals surface area contributed by atoms with Gasteiger partial charge in [-0.3, -0.25) is 4.79 Å². The van der Waals surface area contributed by atoms with Crippen LogP contribution in [0.2, 0.25) is 0 Å². The molecule has 0 aliphatic carbocycles. The number of nitrogen functional groups attached to an aromatic ring is 1. The lowest BCUT2D eigenvalue weighted by atomic mass is 10.0. The smallest absolute Gasteiger partial charge is 0.410 e. The van der Waals surface area contributed by atoms with Crippen molar-refractivity contribution in [3.8, 4) is 11.4 Å². The summed E-state index contributed by atoms with van der Waals surface area (Å²) in [6, 6.07) is 8.77. The Morgan fingerprint density at radius 1 is 1.31 bits per heavy atom. The van der Waals surface area contributed by atoms with Gasteiger partial charge in [0.05, 0.1) is 13.1 Å². The molecule has 0 saturated carbocycles. The molecule has 2 aliphatic heterocycles. The van der Waals surface area contributed by atoms with Crippen LogP contribution in [0.4, 0.5) is 10.6 Å². The fourth-order valence-corrected chi connectivity index (χ4v) is 3.51. The molecule has 3 heterocycles. The Hall–Kier alpha value is -3.16. The summed E-state index contributed by atoms with van der Waals surface area (Å²) in [5, 5.41) is 0. The molecule has 2 saturated heterocycles. The van der Waals surface area contributed by atoms with Crippen LogP contribution in [-0.2, 0) is 4.74 Å². The van der Waals surface area contributed by atoms with Crippen LogP contribution in [0.25, 0.3) is 11.4 Å². The number of carbonyl (C=O) groups is 2. The highest BCUT2D eigenvalue weighted by Gasteiger charge is 2.49. The van der Waals surface area contributed by atoms with E-state index in [1.807, 2.05) is 6.07 Å². The van der Waals surface area contributed by atoms with Crippen LogP contribution in [0.3, 0.4) is 0 Å². The van der Waals surface area contributed by atoms with Gasteiger partial charge in [-0.2, -0.15) is 0 Å². The molecule has 2 fully saturated rings. The molecule has 1 unspecified atom stereocenters. The van der Waals surface area contributed by atoms with Crippen LogP contribution >= 0.6 is 0 Å². The van der Waals surface area contributed by atoms with Crippen LogP contribution in [0.15, 0.2) is 36.5 Å². The van der Waals surface area contributed by atoms with Crippen molar-refractivity contribution in [2.75, 3.05) is 32.4 Å². The highest BCUT2D eigenvalue weighted by Crippen LogP contribution is 2.32. The number of hydrogen-bond donors (Lipinski definition) is 1. The highest BCUT2D eigenvalue weighted by molar-refractivity contribution is 5.95. The summed E-state index contributed by atoms with van der Waals surface area (Å²) < 4.78 is 5.50. The van der Waals surface area contributed by atoms with Gasteiger partial charge < -0.3 is 20.3 Å². The van der Waals surface area contributed by atoms with E-state index in [0.717, 1.165) is 5.56 Å². The summed E-state index contributed by atoms with van der Waals surface area (Å²) in [4.78, 5) is 36.3. The molecular formula is C18H19N5O3. The number of amides is 2. The molecule has 1 aromatic carbocycles. The van der Waals surface area contributed by atoms with Gasteiger partial charge in [0.1, 0.15) is 5.82 Å². The van der Waals surface area contributed by atoms with E-state index in [4.69, 9.17) is 10.5 Å². The van der Waals surface area contributed by atoms with Gasteiger partial charge in [-0.25, -0.2) is 14.8 Å². The van der Waals surface area contributed by atoms with Crippen LogP contribution < -0.4 is 5.73 Å². The summed E-state index contributed by atoms with van der Waals surface area (Å²) in [5.74, 6) is 0.752. The normalized spacial score (nSPS) is 22.1. The quantitative estimate of drug-likeness (QED) is 0.875. The van der Waals surface area contributed by atoms with Gasteiger partial charge in [0.15, 0.2) is 11.4 Å². The lowest BCUT2D eigenvalue weighted by Gasteiger charge is -2.22. The number of aromatic nitrogens is 2. The van der Waals surface area contributed by atoms with Crippen molar-refractivity contribution in [3.05, 3.63) is 42.1 Å². The maximum atomic E-state index is 12.9. The third kappa shape index (κ3) is 2.83.